The van der Waals surface area contributed by atoms with Gasteiger partial charge in [-0.3, -0.25) is 5.10 Å². The lowest BCUT2D eigenvalue weighted by atomic mass is 10.2. The quantitative estimate of drug-likeness (QED) is 0.851. The van der Waals surface area contributed by atoms with Crippen molar-refractivity contribution in [1.29, 1.82) is 0 Å². The molecule has 0 fully saturated rings. The number of nitrogens with zero attached hydrogens (tertiary/aromatic N) is 3. The highest BCUT2D eigenvalue weighted by Crippen LogP contribution is 2.21. The van der Waals surface area contributed by atoms with E-state index in [4.69, 9.17) is 0 Å². The normalized spacial score (nSPS) is 12.7. The summed E-state index contributed by atoms with van der Waals surface area (Å²) < 4.78 is 0.795. The molecule has 2 heterocycles. The second-order valence-electron chi connectivity index (χ2n) is 4.49. The number of rotatable bonds is 4. The molecule has 5 nitrogen and oxygen atoms in total. The zero-order valence-corrected chi connectivity index (χ0v) is 12.2. The first-order chi connectivity index (χ1) is 8.56. The van der Waals surface area contributed by atoms with E-state index in [0.717, 1.165) is 21.8 Å². The summed E-state index contributed by atoms with van der Waals surface area (Å²) in [7, 11) is 0. The third kappa shape index (κ3) is 3.07. The van der Waals surface area contributed by atoms with Crippen molar-refractivity contribution in [3.63, 3.8) is 0 Å². The van der Waals surface area contributed by atoms with Gasteiger partial charge >= 0.3 is 0 Å². The topological polar surface area (TPSA) is 66.5 Å². The van der Waals surface area contributed by atoms with Crippen LogP contribution in [-0.2, 0) is 0 Å². The lowest BCUT2D eigenvalue weighted by Gasteiger charge is -2.14. The molecule has 0 bridgehead atoms. The molecule has 0 aliphatic heterocycles. The van der Waals surface area contributed by atoms with Gasteiger partial charge in [0.2, 0.25) is 0 Å². The Morgan fingerprint density at radius 1 is 1.28 bits per heavy atom. The maximum atomic E-state index is 4.50. The van der Waals surface area contributed by atoms with Gasteiger partial charge in [-0.15, -0.1) is 0 Å². The fourth-order valence-electron chi connectivity index (χ4n) is 1.57. The molecular weight excluding hydrogens is 294 g/mol. The molecule has 0 saturated carbocycles. The predicted octanol–water partition coefficient (Wildman–Crippen LogP) is 3.26. The molecular formula is C12H16BrN5. The highest BCUT2D eigenvalue weighted by molar-refractivity contribution is 9.10. The van der Waals surface area contributed by atoms with Crippen molar-refractivity contribution in [2.45, 2.75) is 32.7 Å². The number of anilines is 1. The second kappa shape index (κ2) is 5.48. The monoisotopic (exact) mass is 309 g/mol. The van der Waals surface area contributed by atoms with Gasteiger partial charge in [0.15, 0.2) is 0 Å². The molecule has 0 radical (unpaired) electrons. The molecule has 18 heavy (non-hydrogen) atoms. The van der Waals surface area contributed by atoms with E-state index in [1.807, 2.05) is 12.3 Å². The number of H-pyrrole nitrogens is 1. The highest BCUT2D eigenvalue weighted by Gasteiger charge is 2.10. The Kier molecular flexibility index (Phi) is 3.96. The zero-order chi connectivity index (χ0) is 13.1. The van der Waals surface area contributed by atoms with E-state index < -0.39 is 0 Å². The molecule has 0 aliphatic carbocycles. The first-order valence-corrected chi connectivity index (χ1v) is 6.65. The van der Waals surface area contributed by atoms with Crippen molar-refractivity contribution in [3.8, 4) is 0 Å². The minimum absolute atomic E-state index is 0.144. The van der Waals surface area contributed by atoms with E-state index in [1.165, 1.54) is 0 Å². The Morgan fingerprint density at radius 2 is 2.06 bits per heavy atom. The molecule has 6 heteroatoms. The van der Waals surface area contributed by atoms with E-state index in [0.29, 0.717) is 5.92 Å². The number of hydrogen-bond donors (Lipinski definition) is 2. The SMILES string of the molecule is CC(C)c1nc(Br)cc(NC(C)c2cn[nH]c2)n1. The van der Waals surface area contributed by atoms with E-state index >= 15 is 0 Å². The van der Waals surface area contributed by atoms with Crippen LogP contribution in [0.3, 0.4) is 0 Å². The van der Waals surface area contributed by atoms with Crippen LogP contribution >= 0.6 is 15.9 Å². The Balaban J connectivity index is 2.18. The second-order valence-corrected chi connectivity index (χ2v) is 5.30. The van der Waals surface area contributed by atoms with Crippen LogP contribution in [0.25, 0.3) is 0 Å². The summed E-state index contributed by atoms with van der Waals surface area (Å²) in [6.07, 6.45) is 3.68. The summed E-state index contributed by atoms with van der Waals surface area (Å²) in [5.74, 6) is 1.94. The molecule has 0 aromatic carbocycles. The summed E-state index contributed by atoms with van der Waals surface area (Å²) in [4.78, 5) is 8.85. The lowest BCUT2D eigenvalue weighted by Crippen LogP contribution is -2.09. The van der Waals surface area contributed by atoms with Gasteiger partial charge in [0.05, 0.1) is 12.2 Å². The van der Waals surface area contributed by atoms with E-state index in [9.17, 15) is 0 Å². The van der Waals surface area contributed by atoms with Crippen molar-refractivity contribution >= 4 is 21.7 Å². The van der Waals surface area contributed by atoms with Crippen molar-refractivity contribution in [2.75, 3.05) is 5.32 Å². The third-order valence-corrected chi connectivity index (χ3v) is 3.02. The first kappa shape index (κ1) is 13.0. The van der Waals surface area contributed by atoms with Crippen molar-refractivity contribution < 1.29 is 0 Å². The molecule has 2 aromatic heterocycles. The molecule has 1 atom stereocenters. The maximum absolute atomic E-state index is 4.50. The average molecular weight is 310 g/mol. The fraction of sp³-hybridized carbons (Fsp3) is 0.417. The van der Waals surface area contributed by atoms with Crippen LogP contribution in [0.15, 0.2) is 23.1 Å². The van der Waals surface area contributed by atoms with Gasteiger partial charge < -0.3 is 5.32 Å². The summed E-state index contributed by atoms with van der Waals surface area (Å²) in [6, 6.07) is 2.02. The molecule has 0 saturated heterocycles. The molecule has 2 N–H and O–H groups in total. The Morgan fingerprint density at radius 3 is 2.67 bits per heavy atom. The predicted molar refractivity (Wildman–Crippen MR) is 74.4 cm³/mol. The summed E-state index contributed by atoms with van der Waals surface area (Å²) in [5, 5.41) is 10.1. The van der Waals surface area contributed by atoms with Gasteiger partial charge in [0.25, 0.3) is 0 Å². The Bertz CT molecular complexity index is 509. The van der Waals surface area contributed by atoms with Crippen molar-refractivity contribution in [3.05, 3.63) is 34.5 Å². The standard InChI is InChI=1S/C12H16BrN5/c1-7(2)12-17-10(13)4-11(18-12)16-8(3)9-5-14-15-6-9/h4-8H,1-3H3,(H,14,15)(H,16,17,18). The van der Waals surface area contributed by atoms with Gasteiger partial charge in [-0.25, -0.2) is 9.97 Å². The average Bonchev–Trinajstić information content (AvgIpc) is 2.81. The highest BCUT2D eigenvalue weighted by atomic mass is 79.9. The summed E-state index contributed by atoms with van der Waals surface area (Å²) in [5.41, 5.74) is 1.09. The number of nitrogens with one attached hydrogen (secondary N) is 2. The molecule has 2 aromatic rings. The van der Waals surface area contributed by atoms with Crippen molar-refractivity contribution in [1.82, 2.24) is 20.2 Å². The van der Waals surface area contributed by atoms with Gasteiger partial charge in [0.1, 0.15) is 16.2 Å². The minimum Gasteiger partial charge on any atom is -0.363 e. The van der Waals surface area contributed by atoms with E-state index in [-0.39, 0.29) is 6.04 Å². The summed E-state index contributed by atoms with van der Waals surface area (Å²) in [6.45, 7) is 6.21. The number of hydrogen-bond acceptors (Lipinski definition) is 4. The Labute approximate surface area is 115 Å². The fourth-order valence-corrected chi connectivity index (χ4v) is 1.97. The van der Waals surface area contributed by atoms with Gasteiger partial charge in [-0.05, 0) is 22.9 Å². The number of aromatic amines is 1. The molecule has 1 unspecified atom stereocenters. The molecule has 0 aliphatic rings. The lowest BCUT2D eigenvalue weighted by molar-refractivity contribution is 0.763. The largest absolute Gasteiger partial charge is 0.363 e. The molecule has 2 rings (SSSR count). The van der Waals surface area contributed by atoms with Crippen LogP contribution in [0.1, 0.15) is 44.1 Å². The van der Waals surface area contributed by atoms with Crippen LogP contribution in [0.4, 0.5) is 5.82 Å². The Hall–Kier alpha value is -1.43. The molecule has 0 spiro atoms. The van der Waals surface area contributed by atoms with Gasteiger partial charge in [-0.2, -0.15) is 5.10 Å². The minimum atomic E-state index is 0.144. The third-order valence-electron chi connectivity index (χ3n) is 2.61. The molecule has 96 valence electrons. The number of halogens is 1. The van der Waals surface area contributed by atoms with Crippen molar-refractivity contribution in [2.24, 2.45) is 0 Å². The van der Waals surface area contributed by atoms with Gasteiger partial charge in [-0.1, -0.05) is 13.8 Å². The van der Waals surface area contributed by atoms with Crippen LogP contribution in [0.5, 0.6) is 0 Å². The first-order valence-electron chi connectivity index (χ1n) is 5.86. The smallest absolute Gasteiger partial charge is 0.134 e. The van der Waals surface area contributed by atoms with Crippen LogP contribution in [-0.4, -0.2) is 20.2 Å². The molecule has 0 amide bonds. The van der Waals surface area contributed by atoms with Crippen LogP contribution in [0, 0.1) is 0 Å². The number of aromatic nitrogens is 4. The zero-order valence-electron chi connectivity index (χ0n) is 10.6. The summed E-state index contributed by atoms with van der Waals surface area (Å²) >= 11 is 3.41. The van der Waals surface area contributed by atoms with Crippen LogP contribution in [0.2, 0.25) is 0 Å². The van der Waals surface area contributed by atoms with Gasteiger partial charge in [0, 0.05) is 23.7 Å². The maximum Gasteiger partial charge on any atom is 0.134 e. The van der Waals surface area contributed by atoms with E-state index in [1.54, 1.807) is 6.20 Å². The van der Waals surface area contributed by atoms with E-state index in [2.05, 4.69) is 62.2 Å². The van der Waals surface area contributed by atoms with Crippen LogP contribution < -0.4 is 5.32 Å².